The van der Waals surface area contributed by atoms with Gasteiger partial charge in [0.25, 0.3) is 5.91 Å². The predicted octanol–water partition coefficient (Wildman–Crippen LogP) is 4.74. The summed E-state index contributed by atoms with van der Waals surface area (Å²) in [5.41, 5.74) is 1.67. The zero-order valence-corrected chi connectivity index (χ0v) is 19.1. The van der Waals surface area contributed by atoms with E-state index in [-0.39, 0.29) is 16.7 Å². The van der Waals surface area contributed by atoms with Crippen molar-refractivity contribution in [1.29, 1.82) is 5.26 Å². The number of nitriles is 1. The van der Waals surface area contributed by atoms with Crippen LogP contribution in [0.1, 0.15) is 53.1 Å². The molecule has 1 aliphatic rings. The lowest BCUT2D eigenvalue weighted by Gasteiger charge is -2.16. The summed E-state index contributed by atoms with van der Waals surface area (Å²) in [5, 5.41) is 12.9. The van der Waals surface area contributed by atoms with Gasteiger partial charge in [-0.1, -0.05) is 11.6 Å². The van der Waals surface area contributed by atoms with Gasteiger partial charge in [-0.2, -0.15) is 5.26 Å². The summed E-state index contributed by atoms with van der Waals surface area (Å²) >= 11 is 7.65. The average molecular weight is 463 g/mol. The molecular weight excluding hydrogens is 440 g/mol. The van der Waals surface area contributed by atoms with Gasteiger partial charge in [0.05, 0.1) is 29.4 Å². The van der Waals surface area contributed by atoms with E-state index in [0.29, 0.717) is 22.1 Å². The van der Waals surface area contributed by atoms with Crippen LogP contribution in [0.25, 0.3) is 0 Å². The Hall–Kier alpha value is -2.76. The van der Waals surface area contributed by atoms with Gasteiger partial charge in [0.15, 0.2) is 18.1 Å². The van der Waals surface area contributed by atoms with Crippen molar-refractivity contribution in [2.75, 3.05) is 19.0 Å². The van der Waals surface area contributed by atoms with E-state index >= 15 is 0 Å². The molecule has 3 rings (SSSR count). The number of carbonyl (C=O) groups is 2. The number of esters is 1. The normalized spacial score (nSPS) is 12.6. The van der Waals surface area contributed by atoms with Gasteiger partial charge in [-0.25, -0.2) is 4.79 Å². The third-order valence-electron chi connectivity index (χ3n) is 4.69. The van der Waals surface area contributed by atoms with Gasteiger partial charge in [-0.05, 0) is 57.2 Å². The third kappa shape index (κ3) is 5.30. The molecule has 0 saturated carbocycles. The number of methoxy groups -OCH3 is 1. The fraction of sp³-hybridized carbons (Fsp3) is 0.409. The third-order valence-corrected chi connectivity index (χ3v) is 6.18. The van der Waals surface area contributed by atoms with Crippen LogP contribution in [0.3, 0.4) is 0 Å². The Morgan fingerprint density at radius 2 is 2.03 bits per heavy atom. The Morgan fingerprint density at radius 1 is 1.29 bits per heavy atom. The van der Waals surface area contributed by atoms with E-state index in [9.17, 15) is 14.9 Å². The summed E-state index contributed by atoms with van der Waals surface area (Å²) in [4.78, 5) is 25.9. The van der Waals surface area contributed by atoms with E-state index in [1.165, 1.54) is 30.6 Å². The second-order valence-electron chi connectivity index (χ2n) is 7.31. The largest absolute Gasteiger partial charge is 0.493 e. The number of ether oxygens (including phenoxy) is 3. The minimum Gasteiger partial charge on any atom is -0.493 e. The molecule has 31 heavy (non-hydrogen) atoms. The summed E-state index contributed by atoms with van der Waals surface area (Å²) in [6, 6.07) is 5.04. The highest BCUT2D eigenvalue weighted by Crippen LogP contribution is 2.38. The van der Waals surface area contributed by atoms with Crippen LogP contribution >= 0.6 is 22.9 Å². The number of thiophene rings is 1. The average Bonchev–Trinajstić information content (AvgIpc) is 3.09. The molecule has 0 atom stereocenters. The Kier molecular flexibility index (Phi) is 7.42. The molecule has 0 saturated heterocycles. The maximum absolute atomic E-state index is 12.4. The van der Waals surface area contributed by atoms with Crippen LogP contribution in [0.15, 0.2) is 12.1 Å². The number of benzene rings is 1. The standard InChI is InChI=1S/C22H23ClN2O5S/c1-12(2)30-20-16(23)8-13(9-17(20)28-3)22(27)29-11-19(26)25-21-15(10-24)14-6-4-5-7-18(14)31-21/h8-9,12H,4-7,11H2,1-3H3,(H,25,26). The molecule has 0 radical (unpaired) electrons. The fourth-order valence-electron chi connectivity index (χ4n) is 3.34. The first kappa shape index (κ1) is 22.9. The monoisotopic (exact) mass is 462 g/mol. The van der Waals surface area contributed by atoms with Gasteiger partial charge in [0.2, 0.25) is 0 Å². The molecule has 164 valence electrons. The summed E-state index contributed by atoms with van der Waals surface area (Å²) in [6.07, 6.45) is 3.75. The molecule has 0 fully saturated rings. The van der Waals surface area contributed by atoms with Gasteiger partial charge in [-0.15, -0.1) is 11.3 Å². The minimum absolute atomic E-state index is 0.130. The zero-order chi connectivity index (χ0) is 22.5. The molecule has 0 unspecified atom stereocenters. The molecule has 0 spiro atoms. The SMILES string of the molecule is COc1cc(C(=O)OCC(=O)Nc2sc3c(c2C#N)CCCC3)cc(Cl)c1OC(C)C. The maximum atomic E-state index is 12.4. The van der Waals surface area contributed by atoms with E-state index in [4.69, 9.17) is 25.8 Å². The van der Waals surface area contributed by atoms with Crippen LogP contribution in [0.5, 0.6) is 11.5 Å². The zero-order valence-electron chi connectivity index (χ0n) is 17.5. The van der Waals surface area contributed by atoms with Crippen LogP contribution in [0.4, 0.5) is 5.00 Å². The van der Waals surface area contributed by atoms with Crippen molar-refractivity contribution >= 4 is 39.8 Å². The van der Waals surface area contributed by atoms with Crippen LogP contribution < -0.4 is 14.8 Å². The van der Waals surface area contributed by atoms with E-state index in [2.05, 4.69) is 11.4 Å². The highest BCUT2D eigenvalue weighted by Gasteiger charge is 2.23. The van der Waals surface area contributed by atoms with E-state index < -0.39 is 18.5 Å². The quantitative estimate of drug-likeness (QED) is 0.596. The van der Waals surface area contributed by atoms with Crippen molar-refractivity contribution in [2.24, 2.45) is 0 Å². The molecule has 0 bridgehead atoms. The number of amides is 1. The minimum atomic E-state index is -0.725. The molecule has 1 heterocycles. The number of rotatable bonds is 7. The number of nitrogens with one attached hydrogen (secondary N) is 1. The highest BCUT2D eigenvalue weighted by molar-refractivity contribution is 7.16. The molecule has 2 aromatic rings. The lowest BCUT2D eigenvalue weighted by molar-refractivity contribution is -0.119. The van der Waals surface area contributed by atoms with Crippen LogP contribution in [-0.2, 0) is 22.4 Å². The van der Waals surface area contributed by atoms with Gasteiger partial charge >= 0.3 is 5.97 Å². The second-order valence-corrected chi connectivity index (χ2v) is 8.82. The maximum Gasteiger partial charge on any atom is 0.338 e. The molecule has 0 aliphatic heterocycles. The lowest BCUT2D eigenvalue weighted by Crippen LogP contribution is -2.21. The summed E-state index contributed by atoms with van der Waals surface area (Å²) in [7, 11) is 1.44. The van der Waals surface area contributed by atoms with Crippen molar-refractivity contribution in [3.05, 3.63) is 38.7 Å². The topological polar surface area (TPSA) is 97.6 Å². The van der Waals surface area contributed by atoms with Gasteiger partial charge < -0.3 is 19.5 Å². The van der Waals surface area contributed by atoms with E-state index in [0.717, 1.165) is 36.1 Å². The van der Waals surface area contributed by atoms with E-state index in [1.54, 1.807) is 0 Å². The summed E-state index contributed by atoms with van der Waals surface area (Å²) in [6.45, 7) is 3.20. The molecule has 1 aliphatic carbocycles. The molecule has 1 N–H and O–H groups in total. The van der Waals surface area contributed by atoms with Crippen LogP contribution in [-0.4, -0.2) is 31.7 Å². The Morgan fingerprint density at radius 3 is 2.71 bits per heavy atom. The number of hydrogen-bond donors (Lipinski definition) is 1. The smallest absolute Gasteiger partial charge is 0.338 e. The number of carbonyl (C=O) groups excluding carboxylic acids is 2. The number of fused-ring (bicyclic) bond motifs is 1. The van der Waals surface area contributed by atoms with Crippen LogP contribution in [0.2, 0.25) is 5.02 Å². The van der Waals surface area contributed by atoms with Gasteiger partial charge in [0.1, 0.15) is 11.1 Å². The number of nitrogens with zero attached hydrogens (tertiary/aromatic N) is 1. The van der Waals surface area contributed by atoms with Crippen molar-refractivity contribution in [1.82, 2.24) is 0 Å². The second kappa shape index (κ2) is 10.0. The Labute approximate surface area is 189 Å². The molecule has 1 amide bonds. The van der Waals surface area contributed by atoms with Crippen molar-refractivity contribution in [2.45, 2.75) is 45.6 Å². The Balaban J connectivity index is 1.66. The number of hydrogen-bond acceptors (Lipinski definition) is 7. The number of aryl methyl sites for hydroxylation is 1. The van der Waals surface area contributed by atoms with Crippen LogP contribution in [0, 0.1) is 11.3 Å². The molecule has 7 nitrogen and oxygen atoms in total. The highest BCUT2D eigenvalue weighted by atomic mass is 35.5. The first-order valence-corrected chi connectivity index (χ1v) is 11.1. The lowest BCUT2D eigenvalue weighted by atomic mass is 9.96. The first-order valence-electron chi connectivity index (χ1n) is 9.89. The van der Waals surface area contributed by atoms with Crippen molar-refractivity contribution in [3.63, 3.8) is 0 Å². The molecular formula is C22H23ClN2O5S. The van der Waals surface area contributed by atoms with Crippen molar-refractivity contribution in [3.8, 4) is 17.6 Å². The molecule has 1 aromatic carbocycles. The predicted molar refractivity (Wildman–Crippen MR) is 118 cm³/mol. The van der Waals surface area contributed by atoms with Crippen molar-refractivity contribution < 1.29 is 23.8 Å². The molecule has 9 heteroatoms. The number of anilines is 1. The first-order chi connectivity index (χ1) is 14.8. The Bertz CT molecular complexity index is 1040. The van der Waals surface area contributed by atoms with Gasteiger partial charge in [-0.3, -0.25) is 4.79 Å². The van der Waals surface area contributed by atoms with Gasteiger partial charge in [0, 0.05) is 4.88 Å². The molecule has 1 aromatic heterocycles. The summed E-state index contributed by atoms with van der Waals surface area (Å²) in [5.74, 6) is -0.613. The fourth-order valence-corrected chi connectivity index (χ4v) is 4.85. The van der Waals surface area contributed by atoms with E-state index in [1.807, 2.05) is 13.8 Å². The number of halogens is 1. The summed E-state index contributed by atoms with van der Waals surface area (Å²) < 4.78 is 16.0.